The zero-order chi connectivity index (χ0) is 13.5. The van der Waals surface area contributed by atoms with E-state index in [-0.39, 0.29) is 11.5 Å². The van der Waals surface area contributed by atoms with E-state index in [1.165, 1.54) is 13.0 Å². The number of benzene rings is 1. The SMILES string of the molecule is CC(=O)NCCC=Cc1c(N)cccc1C(=O)O. The molecule has 0 aliphatic rings. The summed E-state index contributed by atoms with van der Waals surface area (Å²) >= 11 is 0. The molecule has 0 aliphatic carbocycles. The van der Waals surface area contributed by atoms with Gasteiger partial charge in [0.1, 0.15) is 0 Å². The number of nitrogen functional groups attached to an aromatic ring is 1. The van der Waals surface area contributed by atoms with E-state index >= 15 is 0 Å². The molecule has 1 aromatic rings. The second-order valence-electron chi connectivity index (χ2n) is 3.79. The summed E-state index contributed by atoms with van der Waals surface area (Å²) in [5, 5.41) is 11.7. The van der Waals surface area contributed by atoms with Crippen LogP contribution in [0.25, 0.3) is 6.08 Å². The van der Waals surface area contributed by atoms with E-state index < -0.39 is 5.97 Å². The lowest BCUT2D eigenvalue weighted by molar-refractivity contribution is -0.118. The molecule has 0 aromatic heterocycles. The number of hydrogen-bond acceptors (Lipinski definition) is 3. The number of nitrogens with one attached hydrogen (secondary N) is 1. The predicted octanol–water partition coefficient (Wildman–Crippen LogP) is 1.51. The van der Waals surface area contributed by atoms with Crippen LogP contribution in [0.4, 0.5) is 5.69 Å². The van der Waals surface area contributed by atoms with Crippen LogP contribution < -0.4 is 11.1 Å². The fraction of sp³-hybridized carbons (Fsp3) is 0.231. The Morgan fingerprint density at radius 2 is 2.17 bits per heavy atom. The third-order valence-electron chi connectivity index (χ3n) is 2.34. The molecule has 0 saturated heterocycles. The van der Waals surface area contributed by atoms with Crippen LogP contribution in [0.2, 0.25) is 0 Å². The van der Waals surface area contributed by atoms with Crippen molar-refractivity contribution in [1.29, 1.82) is 0 Å². The Morgan fingerprint density at radius 3 is 2.78 bits per heavy atom. The second-order valence-corrected chi connectivity index (χ2v) is 3.79. The lowest BCUT2D eigenvalue weighted by atomic mass is 10.0. The number of amides is 1. The molecule has 0 aliphatic heterocycles. The van der Waals surface area contributed by atoms with Gasteiger partial charge in [-0.25, -0.2) is 4.79 Å². The number of anilines is 1. The van der Waals surface area contributed by atoms with Crippen LogP contribution in [-0.4, -0.2) is 23.5 Å². The van der Waals surface area contributed by atoms with Gasteiger partial charge in [0.05, 0.1) is 5.56 Å². The maximum absolute atomic E-state index is 11.0. The molecule has 0 saturated carbocycles. The molecule has 0 unspecified atom stereocenters. The smallest absolute Gasteiger partial charge is 0.336 e. The first kappa shape index (κ1) is 13.8. The number of carbonyl (C=O) groups is 2. The van der Waals surface area contributed by atoms with Crippen molar-refractivity contribution in [2.45, 2.75) is 13.3 Å². The Hall–Kier alpha value is -2.30. The van der Waals surface area contributed by atoms with E-state index in [0.717, 1.165) is 0 Å². The van der Waals surface area contributed by atoms with E-state index in [4.69, 9.17) is 10.8 Å². The average molecular weight is 248 g/mol. The highest BCUT2D eigenvalue weighted by atomic mass is 16.4. The number of hydrogen-bond donors (Lipinski definition) is 3. The molecule has 0 spiro atoms. The zero-order valence-corrected chi connectivity index (χ0v) is 10.1. The van der Waals surface area contributed by atoms with Crippen molar-refractivity contribution in [3.05, 3.63) is 35.4 Å². The van der Waals surface area contributed by atoms with Crippen LogP contribution in [0.1, 0.15) is 29.3 Å². The molecule has 96 valence electrons. The van der Waals surface area contributed by atoms with Gasteiger partial charge in [-0.15, -0.1) is 0 Å². The maximum Gasteiger partial charge on any atom is 0.336 e. The number of carboxylic acids is 1. The lowest BCUT2D eigenvalue weighted by Crippen LogP contribution is -2.20. The Labute approximate surface area is 105 Å². The lowest BCUT2D eigenvalue weighted by Gasteiger charge is -2.04. The van der Waals surface area contributed by atoms with E-state index in [9.17, 15) is 9.59 Å². The van der Waals surface area contributed by atoms with Crippen molar-refractivity contribution in [3.8, 4) is 0 Å². The van der Waals surface area contributed by atoms with Crippen LogP contribution in [0.5, 0.6) is 0 Å². The molecular formula is C13H16N2O3. The minimum atomic E-state index is -1.01. The minimum Gasteiger partial charge on any atom is -0.478 e. The summed E-state index contributed by atoms with van der Waals surface area (Å²) in [5.74, 6) is -1.10. The van der Waals surface area contributed by atoms with Crippen molar-refractivity contribution < 1.29 is 14.7 Å². The van der Waals surface area contributed by atoms with Crippen molar-refractivity contribution >= 4 is 23.6 Å². The summed E-state index contributed by atoms with van der Waals surface area (Å²) in [4.78, 5) is 21.6. The zero-order valence-electron chi connectivity index (χ0n) is 10.1. The quantitative estimate of drug-likeness (QED) is 0.544. The van der Waals surface area contributed by atoms with Gasteiger partial charge in [0, 0.05) is 24.7 Å². The van der Waals surface area contributed by atoms with Gasteiger partial charge in [0.2, 0.25) is 5.91 Å². The number of rotatable bonds is 5. The van der Waals surface area contributed by atoms with Gasteiger partial charge in [-0.3, -0.25) is 4.79 Å². The molecule has 1 aromatic carbocycles. The van der Waals surface area contributed by atoms with E-state index in [2.05, 4.69) is 5.32 Å². The third kappa shape index (κ3) is 3.93. The van der Waals surface area contributed by atoms with Crippen molar-refractivity contribution in [1.82, 2.24) is 5.32 Å². The summed E-state index contributed by atoms with van der Waals surface area (Å²) in [6, 6.07) is 4.76. The molecule has 0 radical (unpaired) electrons. The largest absolute Gasteiger partial charge is 0.478 e. The number of carbonyl (C=O) groups excluding carboxylic acids is 1. The molecule has 0 bridgehead atoms. The van der Waals surface area contributed by atoms with E-state index in [1.807, 2.05) is 0 Å². The second kappa shape index (κ2) is 6.44. The molecule has 0 heterocycles. The van der Waals surface area contributed by atoms with Gasteiger partial charge in [-0.1, -0.05) is 18.2 Å². The standard InChI is InChI=1S/C13H16N2O3/c1-9(16)15-8-3-2-5-10-11(13(17)18)6-4-7-12(10)14/h2,4-7H,3,8,14H2,1H3,(H,15,16)(H,17,18). The molecule has 1 rings (SSSR count). The van der Waals surface area contributed by atoms with Gasteiger partial charge < -0.3 is 16.2 Å². The summed E-state index contributed by atoms with van der Waals surface area (Å²) < 4.78 is 0. The van der Waals surface area contributed by atoms with Gasteiger partial charge in [-0.05, 0) is 18.6 Å². The van der Waals surface area contributed by atoms with Crippen molar-refractivity contribution in [2.75, 3.05) is 12.3 Å². The fourth-order valence-corrected chi connectivity index (χ4v) is 1.49. The highest BCUT2D eigenvalue weighted by Crippen LogP contribution is 2.19. The average Bonchev–Trinajstić information content (AvgIpc) is 2.29. The molecule has 5 nitrogen and oxygen atoms in total. The molecule has 0 atom stereocenters. The Morgan fingerprint density at radius 1 is 1.44 bits per heavy atom. The van der Waals surface area contributed by atoms with Crippen LogP contribution in [0.15, 0.2) is 24.3 Å². The van der Waals surface area contributed by atoms with Gasteiger partial charge in [0.15, 0.2) is 0 Å². The Balaban J connectivity index is 2.74. The molecule has 1 amide bonds. The topological polar surface area (TPSA) is 92.4 Å². The molecule has 5 heteroatoms. The molecule has 18 heavy (non-hydrogen) atoms. The minimum absolute atomic E-state index is 0.0890. The number of nitrogens with two attached hydrogens (primary N) is 1. The Kier molecular flexibility index (Phi) is 4.92. The van der Waals surface area contributed by atoms with Gasteiger partial charge >= 0.3 is 5.97 Å². The Bertz CT molecular complexity index is 481. The first-order chi connectivity index (χ1) is 8.52. The summed E-state index contributed by atoms with van der Waals surface area (Å²) in [6.45, 7) is 1.96. The summed E-state index contributed by atoms with van der Waals surface area (Å²) in [6.07, 6.45) is 4.07. The fourth-order valence-electron chi connectivity index (χ4n) is 1.49. The summed E-state index contributed by atoms with van der Waals surface area (Å²) in [7, 11) is 0. The number of carboxylic acid groups (broad SMARTS) is 1. The predicted molar refractivity (Wildman–Crippen MR) is 70.1 cm³/mol. The van der Waals surface area contributed by atoms with E-state index in [1.54, 1.807) is 24.3 Å². The van der Waals surface area contributed by atoms with Crippen LogP contribution in [0.3, 0.4) is 0 Å². The first-order valence-corrected chi connectivity index (χ1v) is 5.55. The van der Waals surface area contributed by atoms with Crippen LogP contribution in [-0.2, 0) is 4.79 Å². The maximum atomic E-state index is 11.0. The summed E-state index contributed by atoms with van der Waals surface area (Å²) in [5.41, 5.74) is 6.83. The highest BCUT2D eigenvalue weighted by molar-refractivity contribution is 5.94. The van der Waals surface area contributed by atoms with Crippen molar-refractivity contribution in [2.24, 2.45) is 0 Å². The molecule has 4 N–H and O–H groups in total. The highest BCUT2D eigenvalue weighted by Gasteiger charge is 2.09. The first-order valence-electron chi connectivity index (χ1n) is 5.55. The third-order valence-corrected chi connectivity index (χ3v) is 2.34. The van der Waals surface area contributed by atoms with Crippen molar-refractivity contribution in [3.63, 3.8) is 0 Å². The molecule has 0 fully saturated rings. The van der Waals surface area contributed by atoms with Gasteiger partial charge in [-0.2, -0.15) is 0 Å². The van der Waals surface area contributed by atoms with Crippen LogP contribution in [0, 0.1) is 0 Å². The normalized spacial score (nSPS) is 10.5. The van der Waals surface area contributed by atoms with E-state index in [0.29, 0.717) is 24.2 Å². The number of aromatic carboxylic acids is 1. The molecular weight excluding hydrogens is 232 g/mol. The van der Waals surface area contributed by atoms with Gasteiger partial charge in [0.25, 0.3) is 0 Å². The van der Waals surface area contributed by atoms with Crippen LogP contribution >= 0.6 is 0 Å². The monoisotopic (exact) mass is 248 g/mol.